The fourth-order valence-electron chi connectivity index (χ4n) is 2.60. The van der Waals surface area contributed by atoms with E-state index in [1.807, 2.05) is 23.8 Å². The SMILES string of the molecule is Cc1ccc(COC(Cn2ccnc2)c2ccc(C)cc2Cl)cc1. The van der Waals surface area contributed by atoms with Crippen molar-refractivity contribution >= 4 is 11.6 Å². The zero-order chi connectivity index (χ0) is 16.9. The third-order valence-corrected chi connectivity index (χ3v) is 4.34. The van der Waals surface area contributed by atoms with E-state index >= 15 is 0 Å². The zero-order valence-electron chi connectivity index (χ0n) is 13.9. The van der Waals surface area contributed by atoms with Gasteiger partial charge in [0.25, 0.3) is 0 Å². The zero-order valence-corrected chi connectivity index (χ0v) is 14.7. The minimum Gasteiger partial charge on any atom is -0.367 e. The number of halogens is 1. The van der Waals surface area contributed by atoms with Crippen LogP contribution in [0.1, 0.15) is 28.4 Å². The van der Waals surface area contributed by atoms with Gasteiger partial charge in [0.2, 0.25) is 0 Å². The second kappa shape index (κ2) is 7.65. The van der Waals surface area contributed by atoms with E-state index in [9.17, 15) is 0 Å². The molecule has 2 aromatic carbocycles. The molecule has 124 valence electrons. The molecule has 4 heteroatoms. The Hall–Kier alpha value is -2.10. The van der Waals surface area contributed by atoms with Crippen molar-refractivity contribution in [2.45, 2.75) is 33.1 Å². The summed E-state index contributed by atoms with van der Waals surface area (Å²) in [5, 5.41) is 0.740. The first kappa shape index (κ1) is 16.7. The van der Waals surface area contributed by atoms with E-state index in [-0.39, 0.29) is 6.10 Å². The molecule has 0 aliphatic carbocycles. The Morgan fingerprint density at radius 3 is 2.50 bits per heavy atom. The summed E-state index contributed by atoms with van der Waals surface area (Å²) in [6.45, 7) is 5.34. The van der Waals surface area contributed by atoms with Gasteiger partial charge in [-0.3, -0.25) is 0 Å². The summed E-state index contributed by atoms with van der Waals surface area (Å²) in [7, 11) is 0. The Morgan fingerprint density at radius 2 is 1.83 bits per heavy atom. The van der Waals surface area contributed by atoms with Crippen LogP contribution >= 0.6 is 11.6 Å². The molecule has 0 N–H and O–H groups in total. The molecule has 0 fully saturated rings. The normalized spacial score (nSPS) is 12.3. The summed E-state index contributed by atoms with van der Waals surface area (Å²) < 4.78 is 8.22. The summed E-state index contributed by atoms with van der Waals surface area (Å²) in [6, 6.07) is 14.5. The van der Waals surface area contributed by atoms with Crippen LogP contribution in [-0.4, -0.2) is 9.55 Å². The molecule has 0 bridgehead atoms. The molecular formula is C20H21ClN2O. The molecule has 0 saturated carbocycles. The Kier molecular flexibility index (Phi) is 5.34. The first-order chi connectivity index (χ1) is 11.6. The molecule has 0 saturated heterocycles. The van der Waals surface area contributed by atoms with Crippen LogP contribution < -0.4 is 0 Å². The van der Waals surface area contributed by atoms with Crippen molar-refractivity contribution in [3.8, 4) is 0 Å². The van der Waals surface area contributed by atoms with Gasteiger partial charge in [0.05, 0.1) is 19.5 Å². The maximum Gasteiger partial charge on any atom is 0.102 e. The van der Waals surface area contributed by atoms with Crippen molar-refractivity contribution in [1.29, 1.82) is 0 Å². The third-order valence-electron chi connectivity index (χ3n) is 4.01. The third kappa shape index (κ3) is 4.25. The molecule has 24 heavy (non-hydrogen) atoms. The topological polar surface area (TPSA) is 27.1 Å². The minimum atomic E-state index is -0.131. The molecular weight excluding hydrogens is 320 g/mol. The molecule has 1 aromatic heterocycles. The number of aryl methyl sites for hydroxylation is 2. The van der Waals surface area contributed by atoms with Gasteiger partial charge in [-0.25, -0.2) is 4.98 Å². The van der Waals surface area contributed by atoms with Crippen molar-refractivity contribution in [3.63, 3.8) is 0 Å². The smallest absolute Gasteiger partial charge is 0.102 e. The fraction of sp³-hybridized carbons (Fsp3) is 0.250. The lowest BCUT2D eigenvalue weighted by atomic mass is 10.1. The highest BCUT2D eigenvalue weighted by molar-refractivity contribution is 6.31. The molecule has 1 heterocycles. The predicted octanol–water partition coefficient (Wildman–Crippen LogP) is 5.11. The van der Waals surface area contributed by atoms with E-state index in [0.717, 1.165) is 21.7 Å². The Balaban J connectivity index is 1.80. The monoisotopic (exact) mass is 340 g/mol. The van der Waals surface area contributed by atoms with Crippen molar-refractivity contribution in [1.82, 2.24) is 9.55 Å². The highest BCUT2D eigenvalue weighted by Crippen LogP contribution is 2.29. The van der Waals surface area contributed by atoms with E-state index in [4.69, 9.17) is 16.3 Å². The van der Waals surface area contributed by atoms with Crippen LogP contribution in [0.25, 0.3) is 0 Å². The molecule has 3 aromatic rings. The maximum absolute atomic E-state index is 6.46. The number of benzene rings is 2. The van der Waals surface area contributed by atoms with Gasteiger partial charge in [-0.2, -0.15) is 0 Å². The number of nitrogens with zero attached hydrogens (tertiary/aromatic N) is 2. The molecule has 0 amide bonds. The molecule has 3 nitrogen and oxygen atoms in total. The van der Waals surface area contributed by atoms with Crippen LogP contribution in [-0.2, 0) is 17.9 Å². The Morgan fingerprint density at radius 1 is 1.08 bits per heavy atom. The molecule has 1 atom stereocenters. The van der Waals surface area contributed by atoms with E-state index < -0.39 is 0 Å². The van der Waals surface area contributed by atoms with Crippen LogP contribution in [0, 0.1) is 13.8 Å². The highest BCUT2D eigenvalue weighted by atomic mass is 35.5. The van der Waals surface area contributed by atoms with Gasteiger partial charge in [0.1, 0.15) is 6.10 Å². The lowest BCUT2D eigenvalue weighted by Gasteiger charge is -2.20. The second-order valence-electron chi connectivity index (χ2n) is 6.07. The molecule has 0 spiro atoms. The molecule has 0 aliphatic heterocycles. The van der Waals surface area contributed by atoms with Crippen LogP contribution in [0.5, 0.6) is 0 Å². The van der Waals surface area contributed by atoms with Crippen molar-refractivity contribution in [2.75, 3.05) is 0 Å². The van der Waals surface area contributed by atoms with Crippen LogP contribution in [0.2, 0.25) is 5.02 Å². The van der Waals surface area contributed by atoms with Crippen molar-refractivity contribution in [2.24, 2.45) is 0 Å². The van der Waals surface area contributed by atoms with Gasteiger partial charge >= 0.3 is 0 Å². The summed E-state index contributed by atoms with van der Waals surface area (Å²) in [4.78, 5) is 4.11. The van der Waals surface area contributed by atoms with Gasteiger partial charge in [-0.05, 0) is 31.0 Å². The van der Waals surface area contributed by atoms with Crippen molar-refractivity contribution < 1.29 is 4.74 Å². The van der Waals surface area contributed by atoms with Gasteiger partial charge in [-0.15, -0.1) is 0 Å². The molecule has 1 unspecified atom stereocenters. The van der Waals surface area contributed by atoms with E-state index in [0.29, 0.717) is 13.2 Å². The average molecular weight is 341 g/mol. The Labute approximate surface area is 147 Å². The van der Waals surface area contributed by atoms with Crippen LogP contribution in [0.3, 0.4) is 0 Å². The fourth-order valence-corrected chi connectivity index (χ4v) is 2.96. The first-order valence-electron chi connectivity index (χ1n) is 8.01. The number of hydrogen-bond donors (Lipinski definition) is 0. The summed E-state index contributed by atoms with van der Waals surface area (Å²) in [5.74, 6) is 0. The Bertz CT molecular complexity index is 782. The van der Waals surface area contributed by atoms with E-state index in [1.165, 1.54) is 5.56 Å². The molecule has 0 aliphatic rings. The maximum atomic E-state index is 6.46. The van der Waals surface area contributed by atoms with E-state index in [1.54, 1.807) is 12.5 Å². The number of imidazole rings is 1. The van der Waals surface area contributed by atoms with Gasteiger partial charge in [0.15, 0.2) is 0 Å². The average Bonchev–Trinajstić information content (AvgIpc) is 3.06. The molecule has 3 rings (SSSR count). The first-order valence-corrected chi connectivity index (χ1v) is 8.38. The quantitative estimate of drug-likeness (QED) is 0.623. The number of ether oxygens (including phenoxy) is 1. The lowest BCUT2D eigenvalue weighted by molar-refractivity contribution is 0.0280. The number of aromatic nitrogens is 2. The number of hydrogen-bond acceptors (Lipinski definition) is 2. The van der Waals surface area contributed by atoms with Gasteiger partial charge in [0, 0.05) is 23.0 Å². The van der Waals surface area contributed by atoms with Gasteiger partial charge in [-0.1, -0.05) is 53.6 Å². The summed E-state index contributed by atoms with van der Waals surface area (Å²) >= 11 is 6.46. The lowest BCUT2D eigenvalue weighted by Crippen LogP contribution is -2.12. The molecule has 0 radical (unpaired) electrons. The second-order valence-corrected chi connectivity index (χ2v) is 6.48. The highest BCUT2D eigenvalue weighted by Gasteiger charge is 2.16. The minimum absolute atomic E-state index is 0.131. The van der Waals surface area contributed by atoms with Gasteiger partial charge < -0.3 is 9.30 Å². The predicted molar refractivity (Wildman–Crippen MR) is 97.1 cm³/mol. The number of rotatable bonds is 6. The van der Waals surface area contributed by atoms with Crippen LogP contribution in [0.15, 0.2) is 61.2 Å². The standard InChI is InChI=1S/C20H21ClN2O/c1-15-3-6-17(7-4-15)13-24-20(12-23-10-9-22-14-23)18-8-5-16(2)11-19(18)21/h3-11,14,20H,12-13H2,1-2H3. The largest absolute Gasteiger partial charge is 0.367 e. The summed E-state index contributed by atoms with van der Waals surface area (Å²) in [6.07, 6.45) is 5.37. The van der Waals surface area contributed by atoms with E-state index in [2.05, 4.69) is 48.3 Å². The summed E-state index contributed by atoms with van der Waals surface area (Å²) in [5.41, 5.74) is 4.54. The van der Waals surface area contributed by atoms with Crippen LogP contribution in [0.4, 0.5) is 0 Å². The van der Waals surface area contributed by atoms with Crippen molar-refractivity contribution in [3.05, 3.63) is 88.5 Å².